The summed E-state index contributed by atoms with van der Waals surface area (Å²) in [6, 6.07) is 1.30. The molecule has 0 aliphatic rings. The fraction of sp³-hybridized carbons (Fsp3) is 0.250. The molecule has 0 aliphatic carbocycles. The molecule has 0 spiro atoms. The van der Waals surface area contributed by atoms with E-state index >= 15 is 0 Å². The Morgan fingerprint density at radius 2 is 1.89 bits per heavy atom. The Balaban J connectivity index is 2.10. The van der Waals surface area contributed by atoms with Gasteiger partial charge in [0.05, 0.1) is 11.6 Å². The maximum absolute atomic E-state index is 13.3. The minimum absolute atomic E-state index is 0.261. The number of benzene rings is 1. The molecule has 2 aromatic rings. The smallest absolute Gasteiger partial charge is 0.152 e. The van der Waals surface area contributed by atoms with E-state index in [2.05, 4.69) is 10.3 Å². The Kier molecular flexibility index (Phi) is 3.86. The zero-order chi connectivity index (χ0) is 13.1. The lowest BCUT2D eigenvalue weighted by molar-refractivity contribution is 0.547. The van der Waals surface area contributed by atoms with Crippen molar-refractivity contribution in [1.82, 2.24) is 4.98 Å². The number of hydrogen-bond donors (Lipinski definition) is 1. The molecule has 0 saturated carbocycles. The molecule has 96 valence electrons. The summed E-state index contributed by atoms with van der Waals surface area (Å²) in [5.41, 5.74) is -0.317. The highest BCUT2D eigenvalue weighted by atomic mass is 32.1. The summed E-state index contributed by atoms with van der Waals surface area (Å²) in [7, 11) is 0. The van der Waals surface area contributed by atoms with Crippen LogP contribution in [0.5, 0.6) is 0 Å². The number of anilines is 1. The van der Waals surface area contributed by atoms with Crippen LogP contribution in [0.4, 0.5) is 18.9 Å². The second-order valence-electron chi connectivity index (χ2n) is 3.67. The van der Waals surface area contributed by atoms with Crippen LogP contribution in [-0.4, -0.2) is 4.98 Å². The van der Waals surface area contributed by atoms with Crippen LogP contribution in [-0.2, 0) is 13.0 Å². The van der Waals surface area contributed by atoms with Gasteiger partial charge in [0.1, 0.15) is 11.5 Å². The van der Waals surface area contributed by atoms with E-state index in [1.807, 2.05) is 6.92 Å². The number of aromatic nitrogens is 1. The SMILES string of the molecule is CCc1ncc(CNc2c(F)cc(F)cc2F)s1. The lowest BCUT2D eigenvalue weighted by Gasteiger charge is -2.07. The van der Waals surface area contributed by atoms with Crippen LogP contribution < -0.4 is 5.32 Å². The van der Waals surface area contributed by atoms with Gasteiger partial charge in [-0.2, -0.15) is 0 Å². The van der Waals surface area contributed by atoms with Crippen LogP contribution in [0.1, 0.15) is 16.8 Å². The predicted octanol–water partition coefficient (Wildman–Crippen LogP) is 3.73. The molecule has 2 nitrogen and oxygen atoms in total. The number of hydrogen-bond acceptors (Lipinski definition) is 3. The molecule has 6 heteroatoms. The van der Waals surface area contributed by atoms with Crippen molar-refractivity contribution in [1.29, 1.82) is 0 Å². The van der Waals surface area contributed by atoms with Gasteiger partial charge in [-0.1, -0.05) is 6.92 Å². The van der Waals surface area contributed by atoms with E-state index in [4.69, 9.17) is 0 Å². The van der Waals surface area contributed by atoms with E-state index < -0.39 is 17.5 Å². The number of aryl methyl sites for hydroxylation is 1. The number of rotatable bonds is 4. The third kappa shape index (κ3) is 2.81. The highest BCUT2D eigenvalue weighted by Gasteiger charge is 2.11. The Labute approximate surface area is 106 Å². The van der Waals surface area contributed by atoms with E-state index in [0.29, 0.717) is 12.1 Å². The molecule has 2 rings (SSSR count). The van der Waals surface area contributed by atoms with Gasteiger partial charge in [0.25, 0.3) is 0 Å². The number of nitrogens with one attached hydrogen (secondary N) is 1. The molecule has 0 atom stereocenters. The van der Waals surface area contributed by atoms with E-state index in [1.54, 1.807) is 6.20 Å². The molecule has 1 N–H and O–H groups in total. The van der Waals surface area contributed by atoms with E-state index in [1.165, 1.54) is 11.3 Å². The Morgan fingerprint density at radius 1 is 1.22 bits per heavy atom. The van der Waals surface area contributed by atoms with Crippen molar-refractivity contribution < 1.29 is 13.2 Å². The van der Waals surface area contributed by atoms with Crippen LogP contribution in [0, 0.1) is 17.5 Å². The highest BCUT2D eigenvalue weighted by Crippen LogP contribution is 2.22. The fourth-order valence-electron chi connectivity index (χ4n) is 1.48. The Hall–Kier alpha value is -1.56. The number of halogens is 3. The van der Waals surface area contributed by atoms with Crippen LogP contribution in [0.15, 0.2) is 18.3 Å². The van der Waals surface area contributed by atoms with E-state index in [9.17, 15) is 13.2 Å². The predicted molar refractivity (Wildman–Crippen MR) is 65.1 cm³/mol. The van der Waals surface area contributed by atoms with Gasteiger partial charge >= 0.3 is 0 Å². The van der Waals surface area contributed by atoms with Gasteiger partial charge in [0, 0.05) is 23.2 Å². The second-order valence-corrected chi connectivity index (χ2v) is 4.87. The Bertz CT molecular complexity index is 531. The minimum atomic E-state index is -0.937. The van der Waals surface area contributed by atoms with Crippen molar-refractivity contribution in [3.8, 4) is 0 Å². The first-order chi connectivity index (χ1) is 8.60. The van der Waals surface area contributed by atoms with Crippen LogP contribution in [0.2, 0.25) is 0 Å². The minimum Gasteiger partial charge on any atom is -0.375 e. The average Bonchev–Trinajstić information content (AvgIpc) is 2.75. The van der Waals surface area contributed by atoms with Gasteiger partial charge in [-0.15, -0.1) is 11.3 Å². The first kappa shape index (κ1) is 12.9. The average molecular weight is 272 g/mol. The van der Waals surface area contributed by atoms with Crippen molar-refractivity contribution in [3.05, 3.63) is 45.7 Å². The summed E-state index contributed by atoms with van der Waals surface area (Å²) in [5, 5.41) is 3.58. The summed E-state index contributed by atoms with van der Waals surface area (Å²) in [6.07, 6.45) is 2.49. The van der Waals surface area contributed by atoms with Gasteiger partial charge in [0.2, 0.25) is 0 Å². The van der Waals surface area contributed by atoms with Gasteiger partial charge in [-0.05, 0) is 6.42 Å². The molecule has 0 saturated heterocycles. The zero-order valence-corrected chi connectivity index (χ0v) is 10.5. The van der Waals surface area contributed by atoms with Gasteiger partial charge < -0.3 is 5.32 Å². The fourth-order valence-corrected chi connectivity index (χ4v) is 2.28. The molecule has 18 heavy (non-hydrogen) atoms. The molecule has 0 unspecified atom stereocenters. The largest absolute Gasteiger partial charge is 0.375 e. The lowest BCUT2D eigenvalue weighted by Crippen LogP contribution is -2.03. The van der Waals surface area contributed by atoms with Crippen molar-refractivity contribution in [2.24, 2.45) is 0 Å². The van der Waals surface area contributed by atoms with Crippen molar-refractivity contribution >= 4 is 17.0 Å². The molecule has 0 fully saturated rings. The molecule has 1 aromatic heterocycles. The standard InChI is InChI=1S/C12H11F3N2S/c1-2-11-16-5-8(18-11)6-17-12-9(14)3-7(13)4-10(12)15/h3-5,17H,2,6H2,1H3. The molecule has 1 heterocycles. The van der Waals surface area contributed by atoms with Crippen molar-refractivity contribution in [2.75, 3.05) is 5.32 Å². The molecule has 1 aromatic carbocycles. The lowest BCUT2D eigenvalue weighted by atomic mass is 10.2. The monoisotopic (exact) mass is 272 g/mol. The quantitative estimate of drug-likeness (QED) is 0.917. The molecule has 0 bridgehead atoms. The number of nitrogens with zero attached hydrogens (tertiary/aromatic N) is 1. The Morgan fingerprint density at radius 3 is 2.44 bits per heavy atom. The first-order valence-electron chi connectivity index (χ1n) is 5.42. The van der Waals surface area contributed by atoms with Crippen LogP contribution in [0.3, 0.4) is 0 Å². The van der Waals surface area contributed by atoms with Crippen LogP contribution >= 0.6 is 11.3 Å². The molecular weight excluding hydrogens is 261 g/mol. The van der Waals surface area contributed by atoms with E-state index in [0.717, 1.165) is 16.3 Å². The third-order valence-corrected chi connectivity index (χ3v) is 3.49. The summed E-state index contributed by atoms with van der Waals surface area (Å²) in [6.45, 7) is 2.24. The first-order valence-corrected chi connectivity index (χ1v) is 6.23. The van der Waals surface area contributed by atoms with Gasteiger partial charge in [-0.3, -0.25) is 0 Å². The molecule has 0 amide bonds. The maximum Gasteiger partial charge on any atom is 0.152 e. The van der Waals surface area contributed by atoms with Gasteiger partial charge in [0.15, 0.2) is 11.6 Å². The maximum atomic E-state index is 13.3. The van der Waals surface area contributed by atoms with Crippen LogP contribution in [0.25, 0.3) is 0 Å². The summed E-state index contributed by atoms with van der Waals surface area (Å²) in [5.74, 6) is -2.80. The van der Waals surface area contributed by atoms with Gasteiger partial charge in [-0.25, -0.2) is 18.2 Å². The topological polar surface area (TPSA) is 24.9 Å². The third-order valence-electron chi connectivity index (χ3n) is 2.35. The summed E-state index contributed by atoms with van der Waals surface area (Å²) in [4.78, 5) is 5.01. The summed E-state index contributed by atoms with van der Waals surface area (Å²) >= 11 is 1.47. The normalized spacial score (nSPS) is 10.7. The molecule has 0 radical (unpaired) electrons. The molecule has 0 aliphatic heterocycles. The van der Waals surface area contributed by atoms with Crippen molar-refractivity contribution in [3.63, 3.8) is 0 Å². The van der Waals surface area contributed by atoms with Crippen molar-refractivity contribution in [2.45, 2.75) is 19.9 Å². The highest BCUT2D eigenvalue weighted by molar-refractivity contribution is 7.11. The second kappa shape index (κ2) is 5.39. The zero-order valence-electron chi connectivity index (χ0n) is 9.64. The number of thiazole rings is 1. The molecular formula is C12H11F3N2S. The van der Waals surface area contributed by atoms with E-state index in [-0.39, 0.29) is 12.2 Å². The summed E-state index contributed by atoms with van der Waals surface area (Å²) < 4.78 is 39.4.